The van der Waals surface area contributed by atoms with Crippen LogP contribution < -0.4 is 11.2 Å². The summed E-state index contributed by atoms with van der Waals surface area (Å²) in [4.78, 5) is 48.5. The third-order valence-electron chi connectivity index (χ3n) is 6.17. The highest BCUT2D eigenvalue weighted by atomic mass is 16.4. The highest BCUT2D eigenvalue weighted by Crippen LogP contribution is 2.32. The van der Waals surface area contributed by atoms with Crippen molar-refractivity contribution >= 4 is 22.7 Å². The van der Waals surface area contributed by atoms with Crippen LogP contribution in [-0.2, 0) is 11.2 Å². The molecule has 0 spiro atoms. The van der Waals surface area contributed by atoms with E-state index in [-0.39, 0.29) is 36.0 Å². The number of nitrogens with one attached hydrogen (secondary N) is 1. The van der Waals surface area contributed by atoms with Gasteiger partial charge in [0.05, 0.1) is 11.7 Å². The Morgan fingerprint density at radius 1 is 1.22 bits per heavy atom. The average Bonchev–Trinajstić information content (AvgIpc) is 3.43. The zero-order valence-corrected chi connectivity index (χ0v) is 17.9. The van der Waals surface area contributed by atoms with Crippen LogP contribution in [0.5, 0.6) is 0 Å². The number of nitrogens with zero attached hydrogens (tertiary/aromatic N) is 4. The van der Waals surface area contributed by atoms with Crippen LogP contribution in [0, 0.1) is 13.8 Å². The molecule has 1 N–H and O–H groups in total. The molecule has 32 heavy (non-hydrogen) atoms. The van der Waals surface area contributed by atoms with Crippen molar-refractivity contribution in [2.45, 2.75) is 45.6 Å². The maximum atomic E-state index is 13.0. The van der Waals surface area contributed by atoms with Crippen LogP contribution in [0.25, 0.3) is 16.7 Å². The summed E-state index contributed by atoms with van der Waals surface area (Å²) < 4.78 is 6.75. The van der Waals surface area contributed by atoms with Crippen LogP contribution in [0.4, 0.5) is 0 Å². The molecule has 1 saturated heterocycles. The Labute approximate surface area is 182 Å². The molecule has 4 aromatic rings. The number of hydrogen-bond acceptors (Lipinski definition) is 6. The van der Waals surface area contributed by atoms with Gasteiger partial charge in [0.25, 0.3) is 5.56 Å². The zero-order chi connectivity index (χ0) is 22.4. The van der Waals surface area contributed by atoms with E-state index in [9.17, 15) is 14.4 Å². The number of aromatic amines is 1. The van der Waals surface area contributed by atoms with Gasteiger partial charge in [-0.05, 0) is 38.8 Å². The van der Waals surface area contributed by atoms with Gasteiger partial charge in [-0.2, -0.15) is 0 Å². The molecule has 1 aliphatic heterocycles. The molecule has 9 nitrogen and oxygen atoms in total. The number of hydrogen-bond donors (Lipinski definition) is 1. The third kappa shape index (κ3) is 3.39. The van der Waals surface area contributed by atoms with Crippen molar-refractivity contribution in [3.8, 4) is 0 Å². The molecular weight excluding hydrogens is 410 g/mol. The first-order valence-electron chi connectivity index (χ1n) is 10.7. The van der Waals surface area contributed by atoms with Crippen LogP contribution in [-0.4, -0.2) is 36.9 Å². The van der Waals surface area contributed by atoms with Crippen LogP contribution in [0.3, 0.4) is 0 Å². The minimum atomic E-state index is -0.513. The molecule has 0 saturated carbocycles. The number of likely N-dealkylation sites (tertiary alicyclic amines) is 1. The lowest BCUT2D eigenvalue weighted by Crippen LogP contribution is -2.31. The van der Waals surface area contributed by atoms with Crippen molar-refractivity contribution in [1.29, 1.82) is 0 Å². The minimum Gasteiger partial charge on any atom is -0.420 e. The predicted octanol–water partition coefficient (Wildman–Crippen LogP) is 2.44. The molecule has 5 rings (SSSR count). The van der Waals surface area contributed by atoms with Gasteiger partial charge >= 0.3 is 5.63 Å². The van der Waals surface area contributed by atoms with Crippen molar-refractivity contribution in [2.24, 2.45) is 0 Å². The predicted molar refractivity (Wildman–Crippen MR) is 118 cm³/mol. The largest absolute Gasteiger partial charge is 0.420 e. The van der Waals surface area contributed by atoms with Crippen molar-refractivity contribution in [2.75, 3.05) is 6.54 Å². The maximum absolute atomic E-state index is 13.0. The molecular formula is C23H23N5O4. The third-order valence-corrected chi connectivity index (χ3v) is 6.17. The summed E-state index contributed by atoms with van der Waals surface area (Å²) in [7, 11) is 0. The smallest absolute Gasteiger partial charge is 0.358 e. The minimum absolute atomic E-state index is 0.0619. The molecule has 1 fully saturated rings. The number of carbonyl (C=O) groups excluding carboxylic acids is 1. The Hall–Kier alpha value is -3.75. The van der Waals surface area contributed by atoms with E-state index in [4.69, 9.17) is 4.42 Å². The fourth-order valence-corrected chi connectivity index (χ4v) is 4.31. The summed E-state index contributed by atoms with van der Waals surface area (Å²) in [6, 6.07) is 8.74. The van der Waals surface area contributed by atoms with Crippen LogP contribution in [0.2, 0.25) is 0 Å². The van der Waals surface area contributed by atoms with Gasteiger partial charge in [0, 0.05) is 36.7 Å². The molecule has 0 radical (unpaired) electrons. The normalized spacial score (nSPS) is 16.3. The van der Waals surface area contributed by atoms with Gasteiger partial charge in [-0.15, -0.1) is 0 Å². The van der Waals surface area contributed by atoms with E-state index >= 15 is 0 Å². The van der Waals surface area contributed by atoms with Gasteiger partial charge in [0.15, 0.2) is 11.2 Å². The summed E-state index contributed by atoms with van der Waals surface area (Å²) in [6.07, 6.45) is 2.02. The number of rotatable bonds is 4. The number of benzene rings is 1. The van der Waals surface area contributed by atoms with Gasteiger partial charge in [-0.25, -0.2) is 19.3 Å². The Kier molecular flexibility index (Phi) is 4.88. The summed E-state index contributed by atoms with van der Waals surface area (Å²) in [5, 5.41) is 3.13. The number of aryl methyl sites for hydroxylation is 2. The molecule has 0 aliphatic carbocycles. The molecule has 1 aliphatic rings. The first kappa shape index (κ1) is 20.2. The fraction of sp³-hybridized carbons (Fsp3) is 0.348. The first-order chi connectivity index (χ1) is 15.4. The summed E-state index contributed by atoms with van der Waals surface area (Å²) >= 11 is 0. The van der Waals surface area contributed by atoms with E-state index in [1.807, 2.05) is 19.1 Å². The highest BCUT2D eigenvalue weighted by Gasteiger charge is 2.31. The standard InChI is InChI=1S/C23H23N5O4/c1-13-14(2)24-20-12-17(26-28(20)22(13)30)18-7-5-11-27(18)21(29)10-9-16-23(31)32-19-8-4-3-6-15(19)25-16/h3-4,6,8,12,18,26H,5,7,9-11H2,1-2H3/t18-/m0/s1. The Bertz CT molecular complexity index is 1470. The van der Waals surface area contributed by atoms with E-state index in [0.717, 1.165) is 18.5 Å². The van der Waals surface area contributed by atoms with Gasteiger partial charge in [-0.3, -0.25) is 14.7 Å². The highest BCUT2D eigenvalue weighted by molar-refractivity contribution is 5.77. The molecule has 0 unspecified atom stereocenters. The van der Waals surface area contributed by atoms with E-state index in [2.05, 4.69) is 15.1 Å². The topological polar surface area (TPSA) is 114 Å². The molecule has 1 aromatic carbocycles. The number of H-pyrrole nitrogens is 1. The van der Waals surface area contributed by atoms with Crippen molar-refractivity contribution < 1.29 is 9.21 Å². The lowest BCUT2D eigenvalue weighted by atomic mass is 10.1. The number of amides is 1. The molecule has 9 heteroatoms. The number of fused-ring (bicyclic) bond motifs is 2. The summed E-state index contributed by atoms with van der Waals surface area (Å²) in [6.45, 7) is 4.19. The monoisotopic (exact) mass is 433 g/mol. The van der Waals surface area contributed by atoms with Gasteiger partial charge in [0.1, 0.15) is 11.2 Å². The lowest BCUT2D eigenvalue weighted by Gasteiger charge is -2.23. The summed E-state index contributed by atoms with van der Waals surface area (Å²) in [5.41, 5.74) is 3.25. The number of para-hydroxylation sites is 2. The van der Waals surface area contributed by atoms with Gasteiger partial charge in [0.2, 0.25) is 5.91 Å². The van der Waals surface area contributed by atoms with E-state index < -0.39 is 5.63 Å². The fourth-order valence-electron chi connectivity index (χ4n) is 4.31. The lowest BCUT2D eigenvalue weighted by molar-refractivity contribution is -0.132. The molecule has 164 valence electrons. The van der Waals surface area contributed by atoms with E-state index in [1.54, 1.807) is 30.0 Å². The molecule has 4 heterocycles. The summed E-state index contributed by atoms with van der Waals surface area (Å²) in [5.74, 6) is -0.0619. The molecule has 0 bridgehead atoms. The van der Waals surface area contributed by atoms with Crippen LogP contribution in [0.1, 0.15) is 47.9 Å². The second-order valence-electron chi connectivity index (χ2n) is 8.19. The number of carbonyl (C=O) groups is 1. The quantitative estimate of drug-likeness (QED) is 0.529. The Morgan fingerprint density at radius 2 is 2.03 bits per heavy atom. The number of aromatic nitrogens is 4. The SMILES string of the molecule is Cc1nc2cc([C@@H]3CCCN3C(=O)CCc3nc4ccccc4oc3=O)[nH]n2c(=O)c1C. The van der Waals surface area contributed by atoms with E-state index in [0.29, 0.717) is 34.5 Å². The van der Waals surface area contributed by atoms with Crippen molar-refractivity contribution in [3.63, 3.8) is 0 Å². The van der Waals surface area contributed by atoms with E-state index in [1.165, 1.54) is 4.52 Å². The van der Waals surface area contributed by atoms with Gasteiger partial charge in [-0.1, -0.05) is 12.1 Å². The van der Waals surface area contributed by atoms with Crippen LogP contribution in [0.15, 0.2) is 44.3 Å². The van der Waals surface area contributed by atoms with Crippen molar-refractivity contribution in [1.82, 2.24) is 24.5 Å². The molecule has 1 amide bonds. The van der Waals surface area contributed by atoms with Crippen LogP contribution >= 0.6 is 0 Å². The molecule has 1 atom stereocenters. The van der Waals surface area contributed by atoms with Gasteiger partial charge < -0.3 is 9.32 Å². The molecule has 3 aromatic heterocycles. The first-order valence-corrected chi connectivity index (χ1v) is 10.7. The Morgan fingerprint density at radius 3 is 2.88 bits per heavy atom. The second-order valence-corrected chi connectivity index (χ2v) is 8.19. The van der Waals surface area contributed by atoms with Crippen molar-refractivity contribution in [3.05, 3.63) is 73.8 Å². The average molecular weight is 433 g/mol. The second kappa shape index (κ2) is 7.74. The Balaban J connectivity index is 1.37. The maximum Gasteiger partial charge on any atom is 0.358 e. The zero-order valence-electron chi connectivity index (χ0n) is 17.9.